The smallest absolute Gasteiger partial charge is 0.310 e. The molecule has 0 aromatic heterocycles. The quantitative estimate of drug-likeness (QED) is 0.588. The van der Waals surface area contributed by atoms with Crippen LogP contribution in [0, 0.1) is 10.1 Å². The molecule has 0 fully saturated rings. The van der Waals surface area contributed by atoms with Gasteiger partial charge in [0.05, 0.1) is 10.5 Å². The van der Waals surface area contributed by atoms with E-state index in [2.05, 4.69) is 5.32 Å². The van der Waals surface area contributed by atoms with Crippen molar-refractivity contribution < 1.29 is 18.4 Å². The number of rotatable bonds is 7. The van der Waals surface area contributed by atoms with E-state index in [0.29, 0.717) is 6.42 Å². The van der Waals surface area contributed by atoms with Crippen molar-refractivity contribution in [2.75, 3.05) is 18.1 Å². The zero-order chi connectivity index (χ0) is 16.3. The molecule has 0 heterocycles. The van der Waals surface area contributed by atoms with Gasteiger partial charge in [-0.25, -0.2) is 8.42 Å². The summed E-state index contributed by atoms with van der Waals surface area (Å²) >= 11 is 0. The second-order valence-electron chi connectivity index (χ2n) is 5.28. The summed E-state index contributed by atoms with van der Waals surface area (Å²) in [5.74, 6) is 0. The summed E-state index contributed by atoms with van der Waals surface area (Å²) in [4.78, 5) is 10.1. The summed E-state index contributed by atoms with van der Waals surface area (Å²) in [6.07, 6.45) is 2.21. The van der Waals surface area contributed by atoms with Crippen LogP contribution in [0.3, 0.4) is 0 Å². The Hall–Kier alpha value is -1.67. The van der Waals surface area contributed by atoms with E-state index < -0.39 is 26.0 Å². The van der Waals surface area contributed by atoms with Crippen molar-refractivity contribution in [2.45, 2.75) is 37.2 Å². The number of hydrogen-bond acceptors (Lipinski definition) is 6. The molecule has 7 nitrogen and oxygen atoms in total. The summed E-state index contributed by atoms with van der Waals surface area (Å²) in [6.45, 7) is 3.63. The van der Waals surface area contributed by atoms with E-state index in [1.807, 2.05) is 6.92 Å². The minimum Gasteiger partial charge on any atom is -0.388 e. The predicted molar refractivity (Wildman–Crippen MR) is 80.2 cm³/mol. The van der Waals surface area contributed by atoms with Crippen LogP contribution in [0.5, 0.6) is 0 Å². The third-order valence-corrected chi connectivity index (χ3v) is 4.16. The maximum Gasteiger partial charge on any atom is 0.310 e. The first-order valence-electron chi connectivity index (χ1n) is 6.52. The first-order valence-corrected chi connectivity index (χ1v) is 8.41. The van der Waals surface area contributed by atoms with Crippen molar-refractivity contribution in [1.82, 2.24) is 0 Å². The molecule has 2 N–H and O–H groups in total. The zero-order valence-corrected chi connectivity index (χ0v) is 13.1. The Bertz CT molecular complexity index is 625. The van der Waals surface area contributed by atoms with Gasteiger partial charge in [-0.1, -0.05) is 19.4 Å². The molecule has 1 aromatic rings. The average Bonchev–Trinajstić information content (AvgIpc) is 2.34. The Morgan fingerprint density at radius 2 is 2.05 bits per heavy atom. The lowest BCUT2D eigenvalue weighted by Crippen LogP contribution is -2.33. The van der Waals surface area contributed by atoms with Crippen molar-refractivity contribution in [1.29, 1.82) is 0 Å². The molecule has 0 saturated heterocycles. The second-order valence-corrected chi connectivity index (χ2v) is 7.27. The molecular formula is C13H20N2O5S. The highest BCUT2D eigenvalue weighted by atomic mass is 32.2. The second kappa shape index (κ2) is 6.40. The fourth-order valence-corrected chi connectivity index (χ4v) is 2.93. The molecule has 8 heteroatoms. The normalized spacial score (nSPS) is 14.5. The van der Waals surface area contributed by atoms with Crippen LogP contribution in [-0.2, 0) is 9.84 Å². The van der Waals surface area contributed by atoms with E-state index in [9.17, 15) is 23.6 Å². The fraction of sp³-hybridized carbons (Fsp3) is 0.538. The number of benzene rings is 1. The number of hydrogen-bond donors (Lipinski definition) is 2. The number of sulfone groups is 1. The minimum absolute atomic E-state index is 0.0827. The van der Waals surface area contributed by atoms with Crippen LogP contribution < -0.4 is 5.32 Å². The van der Waals surface area contributed by atoms with Crippen LogP contribution in [-0.4, -0.2) is 36.8 Å². The molecule has 0 amide bonds. The molecule has 0 aliphatic carbocycles. The third kappa shape index (κ3) is 4.68. The average molecular weight is 316 g/mol. The monoisotopic (exact) mass is 316 g/mol. The van der Waals surface area contributed by atoms with Crippen LogP contribution in [0.2, 0.25) is 0 Å². The Morgan fingerprint density at radius 3 is 2.52 bits per heavy atom. The number of aliphatic hydroxyl groups is 1. The van der Waals surface area contributed by atoms with Crippen molar-refractivity contribution in [2.24, 2.45) is 0 Å². The summed E-state index contributed by atoms with van der Waals surface area (Å²) < 4.78 is 23.3. The van der Waals surface area contributed by atoms with Gasteiger partial charge >= 0.3 is 5.69 Å². The molecular weight excluding hydrogens is 296 g/mol. The van der Waals surface area contributed by atoms with E-state index in [4.69, 9.17) is 0 Å². The van der Waals surface area contributed by atoms with Crippen molar-refractivity contribution >= 4 is 21.2 Å². The maximum atomic E-state index is 11.6. The lowest BCUT2D eigenvalue weighted by Gasteiger charge is -2.23. The van der Waals surface area contributed by atoms with Gasteiger partial charge in [0.1, 0.15) is 10.6 Å². The Labute approximate surface area is 124 Å². The molecule has 1 aromatic carbocycles. The zero-order valence-electron chi connectivity index (χ0n) is 12.3. The number of nitrogens with zero attached hydrogens (tertiary/aromatic N) is 1. The van der Waals surface area contributed by atoms with Crippen LogP contribution in [0.1, 0.15) is 26.7 Å². The van der Waals surface area contributed by atoms with Gasteiger partial charge in [-0.3, -0.25) is 10.1 Å². The van der Waals surface area contributed by atoms with Gasteiger partial charge in [0.25, 0.3) is 0 Å². The Kier molecular flexibility index (Phi) is 5.30. The molecule has 21 heavy (non-hydrogen) atoms. The first kappa shape index (κ1) is 17.4. The Balaban J connectivity index is 3.17. The summed E-state index contributed by atoms with van der Waals surface area (Å²) in [5.41, 5.74) is -1.43. The molecule has 0 aliphatic rings. The number of nitro benzene ring substituents is 1. The van der Waals surface area contributed by atoms with Gasteiger partial charge in [-0.15, -0.1) is 0 Å². The summed E-state index contributed by atoms with van der Waals surface area (Å²) in [7, 11) is -3.71. The highest BCUT2D eigenvalue weighted by Gasteiger charge is 2.27. The van der Waals surface area contributed by atoms with Gasteiger partial charge < -0.3 is 10.4 Å². The Morgan fingerprint density at radius 1 is 1.43 bits per heavy atom. The molecule has 118 valence electrons. The van der Waals surface area contributed by atoms with E-state index in [1.54, 1.807) is 6.92 Å². The van der Waals surface area contributed by atoms with E-state index in [-0.39, 0.29) is 17.1 Å². The van der Waals surface area contributed by atoms with Crippen LogP contribution >= 0.6 is 0 Å². The van der Waals surface area contributed by atoms with Gasteiger partial charge in [-0.05, 0) is 25.5 Å². The maximum absolute atomic E-state index is 11.6. The topological polar surface area (TPSA) is 110 Å². The fourth-order valence-electron chi connectivity index (χ4n) is 2.07. The number of nitro groups is 1. The molecule has 1 atom stereocenters. The molecule has 0 saturated carbocycles. The van der Waals surface area contributed by atoms with Crippen molar-refractivity contribution in [3.05, 3.63) is 28.3 Å². The molecule has 0 radical (unpaired) electrons. The summed E-state index contributed by atoms with van der Waals surface area (Å²) in [6, 6.07) is 4.05. The minimum atomic E-state index is -3.71. The highest BCUT2D eigenvalue weighted by Crippen LogP contribution is 2.32. The molecule has 1 unspecified atom stereocenters. The molecule has 0 spiro atoms. The largest absolute Gasteiger partial charge is 0.388 e. The van der Waals surface area contributed by atoms with E-state index >= 15 is 0 Å². The van der Waals surface area contributed by atoms with Crippen LogP contribution in [0.25, 0.3) is 0 Å². The molecule has 0 aliphatic heterocycles. The first-order chi connectivity index (χ1) is 9.58. The number of nitrogens with one attached hydrogen (secondary N) is 1. The van der Waals surface area contributed by atoms with Gasteiger partial charge in [0.15, 0.2) is 9.84 Å². The number of para-hydroxylation sites is 1. The van der Waals surface area contributed by atoms with Gasteiger partial charge in [0, 0.05) is 12.8 Å². The lowest BCUT2D eigenvalue weighted by atomic mass is 10.0. The SMILES string of the molecule is CCCC(C)(O)CNc1cccc(S(C)(=O)=O)c1[N+](=O)[O-]. The van der Waals surface area contributed by atoms with Crippen LogP contribution in [0.4, 0.5) is 11.4 Å². The van der Waals surface area contributed by atoms with E-state index in [0.717, 1.165) is 12.7 Å². The summed E-state index contributed by atoms with van der Waals surface area (Å²) in [5, 5.41) is 24.0. The van der Waals surface area contributed by atoms with Gasteiger partial charge in [0.2, 0.25) is 0 Å². The lowest BCUT2D eigenvalue weighted by molar-refractivity contribution is -0.386. The van der Waals surface area contributed by atoms with Gasteiger partial charge in [-0.2, -0.15) is 0 Å². The standard InChI is InChI=1S/C13H20N2O5S/c1-4-8-13(2,16)9-14-10-6-5-7-11(21(3,19)20)12(10)15(17)18/h5-7,14,16H,4,8-9H2,1-3H3. The number of anilines is 1. The predicted octanol–water partition coefficient (Wildman–Crippen LogP) is 1.96. The highest BCUT2D eigenvalue weighted by molar-refractivity contribution is 7.90. The van der Waals surface area contributed by atoms with Crippen molar-refractivity contribution in [3.8, 4) is 0 Å². The molecule has 1 rings (SSSR count). The molecule has 0 bridgehead atoms. The third-order valence-electron chi connectivity index (χ3n) is 3.03. The van der Waals surface area contributed by atoms with Crippen LogP contribution in [0.15, 0.2) is 23.1 Å². The van der Waals surface area contributed by atoms with Crippen molar-refractivity contribution in [3.63, 3.8) is 0 Å². The van der Waals surface area contributed by atoms with E-state index in [1.165, 1.54) is 18.2 Å².